The van der Waals surface area contributed by atoms with Crippen LogP contribution in [0.3, 0.4) is 0 Å². The molecule has 0 heterocycles. The highest BCUT2D eigenvalue weighted by Gasteiger charge is 2.26. The molecule has 2 aromatic rings. The largest absolute Gasteiger partial charge is 0.457 e. The summed E-state index contributed by atoms with van der Waals surface area (Å²) in [5.74, 6) is 0.547. The first-order chi connectivity index (χ1) is 11.1. The van der Waals surface area contributed by atoms with Crippen molar-refractivity contribution in [2.75, 3.05) is 13.2 Å². The van der Waals surface area contributed by atoms with Gasteiger partial charge in [0.1, 0.15) is 11.5 Å². The summed E-state index contributed by atoms with van der Waals surface area (Å²) in [4.78, 5) is 0. The number of hydrogen-bond acceptors (Lipinski definition) is 4. The SMILES string of the molecule is CCOC(C)(OCC)OCc1cccc(Oc2ccccc2)c1. The number of benzene rings is 2. The molecule has 0 N–H and O–H groups in total. The quantitative estimate of drug-likeness (QED) is 0.626. The van der Waals surface area contributed by atoms with E-state index in [1.807, 2.05) is 68.4 Å². The van der Waals surface area contributed by atoms with Gasteiger partial charge in [-0.15, -0.1) is 0 Å². The minimum absolute atomic E-state index is 0.377. The Hall–Kier alpha value is -1.88. The Kier molecular flexibility index (Phi) is 6.59. The summed E-state index contributed by atoms with van der Waals surface area (Å²) in [5.41, 5.74) is 0.990. The second-order valence-electron chi connectivity index (χ2n) is 5.08. The molecule has 0 saturated carbocycles. The Morgan fingerprint density at radius 2 is 1.43 bits per heavy atom. The minimum Gasteiger partial charge on any atom is -0.457 e. The van der Waals surface area contributed by atoms with Crippen molar-refractivity contribution in [3.05, 3.63) is 60.2 Å². The van der Waals surface area contributed by atoms with Crippen LogP contribution in [0.5, 0.6) is 11.5 Å². The molecule has 0 saturated heterocycles. The Balaban J connectivity index is 1.99. The number of ether oxygens (including phenoxy) is 4. The molecule has 0 unspecified atom stereocenters. The van der Waals surface area contributed by atoms with Crippen LogP contribution in [0.2, 0.25) is 0 Å². The summed E-state index contributed by atoms with van der Waals surface area (Å²) < 4.78 is 22.7. The van der Waals surface area contributed by atoms with Crippen molar-refractivity contribution in [1.29, 1.82) is 0 Å². The van der Waals surface area contributed by atoms with Gasteiger partial charge in [0.15, 0.2) is 0 Å². The third-order valence-corrected chi connectivity index (χ3v) is 3.19. The smallest absolute Gasteiger partial charge is 0.280 e. The van der Waals surface area contributed by atoms with Crippen LogP contribution in [0.25, 0.3) is 0 Å². The molecular formula is C19H24O4. The van der Waals surface area contributed by atoms with Crippen molar-refractivity contribution in [2.24, 2.45) is 0 Å². The first-order valence-electron chi connectivity index (χ1n) is 7.89. The van der Waals surface area contributed by atoms with E-state index in [-0.39, 0.29) is 0 Å². The third kappa shape index (κ3) is 5.67. The average molecular weight is 316 g/mol. The molecule has 0 amide bonds. The summed E-state index contributed by atoms with van der Waals surface area (Å²) in [6.45, 7) is 7.03. The van der Waals surface area contributed by atoms with E-state index in [9.17, 15) is 0 Å². The fourth-order valence-electron chi connectivity index (χ4n) is 2.19. The van der Waals surface area contributed by atoms with Gasteiger partial charge < -0.3 is 18.9 Å². The standard InChI is InChI=1S/C19H24O4/c1-4-20-19(3,21-5-2)22-15-16-10-9-13-18(14-16)23-17-11-7-6-8-12-17/h6-14H,4-5,15H2,1-3H3. The van der Waals surface area contributed by atoms with Gasteiger partial charge in [-0.25, -0.2) is 0 Å². The maximum absolute atomic E-state index is 5.83. The molecule has 2 aromatic carbocycles. The zero-order valence-electron chi connectivity index (χ0n) is 14.0. The molecule has 0 aliphatic heterocycles. The van der Waals surface area contributed by atoms with Crippen molar-refractivity contribution in [2.45, 2.75) is 33.4 Å². The highest BCUT2D eigenvalue weighted by Crippen LogP contribution is 2.23. The van der Waals surface area contributed by atoms with Crippen LogP contribution in [0.1, 0.15) is 26.3 Å². The summed E-state index contributed by atoms with van der Waals surface area (Å²) in [7, 11) is 0. The van der Waals surface area contributed by atoms with E-state index in [2.05, 4.69) is 0 Å². The average Bonchev–Trinajstić information content (AvgIpc) is 2.55. The molecule has 23 heavy (non-hydrogen) atoms. The number of rotatable bonds is 9. The molecule has 2 rings (SSSR count). The first kappa shape index (κ1) is 17.5. The molecule has 0 aromatic heterocycles. The van der Waals surface area contributed by atoms with Crippen LogP contribution in [-0.4, -0.2) is 19.2 Å². The van der Waals surface area contributed by atoms with Crippen LogP contribution >= 0.6 is 0 Å². The second-order valence-corrected chi connectivity index (χ2v) is 5.08. The van der Waals surface area contributed by atoms with Gasteiger partial charge in [0.05, 0.1) is 6.61 Å². The highest BCUT2D eigenvalue weighted by molar-refractivity contribution is 5.33. The van der Waals surface area contributed by atoms with Gasteiger partial charge in [-0.2, -0.15) is 0 Å². The minimum atomic E-state index is -1.03. The van der Waals surface area contributed by atoms with Crippen LogP contribution in [0, 0.1) is 0 Å². The lowest BCUT2D eigenvalue weighted by Gasteiger charge is -2.28. The molecular weight excluding hydrogens is 292 g/mol. The van der Waals surface area contributed by atoms with E-state index in [4.69, 9.17) is 18.9 Å². The Bertz CT molecular complexity index is 577. The Morgan fingerprint density at radius 1 is 0.783 bits per heavy atom. The summed E-state index contributed by atoms with van der Waals surface area (Å²) >= 11 is 0. The molecule has 0 bridgehead atoms. The normalized spacial score (nSPS) is 11.4. The zero-order chi connectivity index (χ0) is 16.5. The molecule has 0 atom stereocenters. The van der Waals surface area contributed by atoms with Crippen LogP contribution in [-0.2, 0) is 20.8 Å². The van der Waals surface area contributed by atoms with Crippen LogP contribution in [0.4, 0.5) is 0 Å². The summed E-state index contributed by atoms with van der Waals surface area (Å²) in [5, 5.41) is 0. The topological polar surface area (TPSA) is 36.9 Å². The molecule has 124 valence electrons. The lowest BCUT2D eigenvalue weighted by atomic mass is 10.2. The van der Waals surface area contributed by atoms with Gasteiger partial charge in [0.2, 0.25) is 0 Å². The lowest BCUT2D eigenvalue weighted by molar-refractivity contribution is -0.371. The summed E-state index contributed by atoms with van der Waals surface area (Å²) in [6.07, 6.45) is 0. The predicted octanol–water partition coefficient (Wildman–Crippen LogP) is 4.74. The predicted molar refractivity (Wildman–Crippen MR) is 89.4 cm³/mol. The maximum Gasteiger partial charge on any atom is 0.280 e. The fourth-order valence-corrected chi connectivity index (χ4v) is 2.19. The summed E-state index contributed by atoms with van der Waals surface area (Å²) in [6, 6.07) is 17.5. The van der Waals surface area contributed by atoms with E-state index in [0.29, 0.717) is 19.8 Å². The molecule has 4 nitrogen and oxygen atoms in total. The van der Waals surface area contributed by atoms with Gasteiger partial charge in [-0.05, 0) is 43.7 Å². The molecule has 4 heteroatoms. The van der Waals surface area contributed by atoms with Crippen molar-refractivity contribution in [3.63, 3.8) is 0 Å². The van der Waals surface area contributed by atoms with Crippen molar-refractivity contribution in [3.8, 4) is 11.5 Å². The molecule has 0 aliphatic rings. The monoisotopic (exact) mass is 316 g/mol. The van der Waals surface area contributed by atoms with Gasteiger partial charge >= 0.3 is 0 Å². The van der Waals surface area contributed by atoms with E-state index >= 15 is 0 Å². The molecule has 0 spiro atoms. The molecule has 0 radical (unpaired) electrons. The van der Waals surface area contributed by atoms with Crippen molar-refractivity contribution >= 4 is 0 Å². The van der Waals surface area contributed by atoms with E-state index in [1.54, 1.807) is 6.92 Å². The zero-order valence-corrected chi connectivity index (χ0v) is 14.0. The van der Waals surface area contributed by atoms with Gasteiger partial charge in [0.25, 0.3) is 5.97 Å². The van der Waals surface area contributed by atoms with Crippen molar-refractivity contribution in [1.82, 2.24) is 0 Å². The molecule has 0 fully saturated rings. The van der Waals surface area contributed by atoms with Gasteiger partial charge in [-0.3, -0.25) is 0 Å². The van der Waals surface area contributed by atoms with Gasteiger partial charge in [-0.1, -0.05) is 30.3 Å². The van der Waals surface area contributed by atoms with E-state index in [1.165, 1.54) is 0 Å². The third-order valence-electron chi connectivity index (χ3n) is 3.19. The first-order valence-corrected chi connectivity index (χ1v) is 7.89. The fraction of sp³-hybridized carbons (Fsp3) is 0.368. The lowest BCUT2D eigenvalue weighted by Crippen LogP contribution is -2.35. The number of hydrogen-bond donors (Lipinski definition) is 0. The highest BCUT2D eigenvalue weighted by atomic mass is 16.9. The van der Waals surface area contributed by atoms with E-state index in [0.717, 1.165) is 17.1 Å². The van der Waals surface area contributed by atoms with Crippen LogP contribution in [0.15, 0.2) is 54.6 Å². The Labute approximate surface area is 137 Å². The second kappa shape index (κ2) is 8.67. The Morgan fingerprint density at radius 3 is 2.09 bits per heavy atom. The van der Waals surface area contributed by atoms with E-state index < -0.39 is 5.97 Å². The molecule has 0 aliphatic carbocycles. The van der Waals surface area contributed by atoms with Gasteiger partial charge in [0, 0.05) is 20.1 Å². The van der Waals surface area contributed by atoms with Crippen molar-refractivity contribution < 1.29 is 18.9 Å². The number of para-hydroxylation sites is 1. The van der Waals surface area contributed by atoms with Crippen LogP contribution < -0.4 is 4.74 Å². The maximum atomic E-state index is 5.83.